The minimum Gasteiger partial charge on any atom is -0.497 e. The molecule has 1 aliphatic rings. The Labute approximate surface area is 165 Å². The fraction of sp³-hybridized carbons (Fsp3) is 0.381. The number of carbonyl (C=O) groups is 2. The third kappa shape index (κ3) is 4.60. The lowest BCUT2D eigenvalue weighted by Gasteiger charge is -2.35. The average molecular weight is 382 g/mol. The molecule has 1 saturated heterocycles. The van der Waals surface area contributed by atoms with Crippen LogP contribution in [-0.2, 0) is 0 Å². The van der Waals surface area contributed by atoms with Crippen molar-refractivity contribution < 1.29 is 14.3 Å². The summed E-state index contributed by atoms with van der Waals surface area (Å²) in [5, 5.41) is 3.00. The summed E-state index contributed by atoms with van der Waals surface area (Å²) < 4.78 is 5.18. The number of nitrogens with one attached hydrogen (secondary N) is 1. The highest BCUT2D eigenvalue weighted by Crippen LogP contribution is 2.16. The standard InChI is InChI=1S/C21H26N4O3/c1-15-7-8-18(14-22-15)16(2)23-21(27)25-11-9-24(10-12-25)20(26)17-5-4-6-19(13-17)28-3/h4-8,13-14,16H,9-12H2,1-3H3,(H,23,27). The third-order valence-electron chi connectivity index (χ3n) is 4.95. The Morgan fingerprint density at radius 2 is 1.82 bits per heavy atom. The van der Waals surface area contributed by atoms with E-state index in [4.69, 9.17) is 4.74 Å². The van der Waals surface area contributed by atoms with Crippen LogP contribution >= 0.6 is 0 Å². The van der Waals surface area contributed by atoms with E-state index in [1.807, 2.05) is 32.0 Å². The molecule has 1 aromatic heterocycles. The molecule has 0 radical (unpaired) electrons. The van der Waals surface area contributed by atoms with Crippen molar-refractivity contribution in [1.29, 1.82) is 0 Å². The lowest BCUT2D eigenvalue weighted by atomic mass is 10.1. The molecular formula is C21H26N4O3. The minimum absolute atomic E-state index is 0.0435. The van der Waals surface area contributed by atoms with Crippen molar-refractivity contribution in [3.8, 4) is 5.75 Å². The largest absolute Gasteiger partial charge is 0.497 e. The van der Waals surface area contributed by atoms with E-state index in [-0.39, 0.29) is 18.0 Å². The fourth-order valence-corrected chi connectivity index (χ4v) is 3.15. The topological polar surface area (TPSA) is 74.8 Å². The summed E-state index contributed by atoms with van der Waals surface area (Å²) >= 11 is 0. The van der Waals surface area contributed by atoms with Gasteiger partial charge >= 0.3 is 6.03 Å². The second-order valence-electron chi connectivity index (χ2n) is 6.92. The number of piperazine rings is 1. The molecule has 0 bridgehead atoms. The predicted octanol–water partition coefficient (Wildman–Crippen LogP) is 2.63. The van der Waals surface area contributed by atoms with E-state index in [1.165, 1.54) is 0 Å². The number of aryl methyl sites for hydroxylation is 1. The highest BCUT2D eigenvalue weighted by atomic mass is 16.5. The van der Waals surface area contributed by atoms with Crippen LogP contribution in [-0.4, -0.2) is 60.0 Å². The van der Waals surface area contributed by atoms with Crippen LogP contribution in [0.15, 0.2) is 42.6 Å². The van der Waals surface area contributed by atoms with Gasteiger partial charge in [0.25, 0.3) is 5.91 Å². The normalized spacial score (nSPS) is 15.1. The lowest BCUT2D eigenvalue weighted by Crippen LogP contribution is -2.53. The van der Waals surface area contributed by atoms with Crippen molar-refractivity contribution in [1.82, 2.24) is 20.1 Å². The monoisotopic (exact) mass is 382 g/mol. The number of hydrogen-bond acceptors (Lipinski definition) is 4. The minimum atomic E-state index is -0.128. The molecule has 148 valence electrons. The number of aromatic nitrogens is 1. The zero-order chi connectivity index (χ0) is 20.1. The van der Waals surface area contributed by atoms with Crippen molar-refractivity contribution in [3.63, 3.8) is 0 Å². The summed E-state index contributed by atoms with van der Waals surface area (Å²) in [5.74, 6) is 0.613. The summed E-state index contributed by atoms with van der Waals surface area (Å²) in [6.07, 6.45) is 1.78. The van der Waals surface area contributed by atoms with Crippen LogP contribution in [0.1, 0.15) is 34.6 Å². The van der Waals surface area contributed by atoms with Gasteiger partial charge in [-0.2, -0.15) is 0 Å². The summed E-state index contributed by atoms with van der Waals surface area (Å²) in [6.45, 7) is 5.88. The highest BCUT2D eigenvalue weighted by molar-refractivity contribution is 5.94. The molecule has 0 spiro atoms. The van der Waals surface area contributed by atoms with Gasteiger partial charge in [-0.15, -0.1) is 0 Å². The Bertz CT molecular complexity index is 830. The summed E-state index contributed by atoms with van der Waals surface area (Å²) in [5.41, 5.74) is 2.50. The van der Waals surface area contributed by atoms with Crippen molar-refractivity contribution in [2.24, 2.45) is 0 Å². The van der Waals surface area contributed by atoms with Gasteiger partial charge in [0, 0.05) is 43.6 Å². The average Bonchev–Trinajstić information content (AvgIpc) is 2.73. The summed E-state index contributed by atoms with van der Waals surface area (Å²) in [6, 6.07) is 10.8. The predicted molar refractivity (Wildman–Crippen MR) is 106 cm³/mol. The second kappa shape index (κ2) is 8.73. The van der Waals surface area contributed by atoms with E-state index < -0.39 is 0 Å². The Morgan fingerprint density at radius 3 is 2.46 bits per heavy atom. The van der Waals surface area contributed by atoms with Crippen LogP contribution < -0.4 is 10.1 Å². The van der Waals surface area contributed by atoms with Gasteiger partial charge in [0.15, 0.2) is 0 Å². The van der Waals surface area contributed by atoms with Gasteiger partial charge in [0.1, 0.15) is 5.75 Å². The van der Waals surface area contributed by atoms with Gasteiger partial charge in [-0.3, -0.25) is 9.78 Å². The highest BCUT2D eigenvalue weighted by Gasteiger charge is 2.25. The van der Waals surface area contributed by atoms with E-state index in [2.05, 4.69) is 10.3 Å². The Morgan fingerprint density at radius 1 is 1.11 bits per heavy atom. The van der Waals surface area contributed by atoms with Crippen molar-refractivity contribution >= 4 is 11.9 Å². The maximum absolute atomic E-state index is 12.7. The van der Waals surface area contributed by atoms with Crippen LogP contribution in [0.25, 0.3) is 0 Å². The molecule has 3 rings (SSSR count). The number of hydrogen-bond donors (Lipinski definition) is 1. The van der Waals surface area contributed by atoms with Gasteiger partial charge in [-0.1, -0.05) is 12.1 Å². The Hall–Kier alpha value is -3.09. The molecule has 1 aliphatic heterocycles. The molecule has 1 unspecified atom stereocenters. The number of urea groups is 1. The number of benzene rings is 1. The fourth-order valence-electron chi connectivity index (χ4n) is 3.15. The molecule has 1 atom stereocenters. The molecule has 1 N–H and O–H groups in total. The molecule has 0 aliphatic carbocycles. The van der Waals surface area contributed by atoms with E-state index in [0.29, 0.717) is 37.5 Å². The van der Waals surface area contributed by atoms with Crippen molar-refractivity contribution in [2.75, 3.05) is 33.3 Å². The second-order valence-corrected chi connectivity index (χ2v) is 6.92. The summed E-state index contributed by atoms with van der Waals surface area (Å²) in [4.78, 5) is 33.0. The number of pyridine rings is 1. The van der Waals surface area contributed by atoms with E-state index >= 15 is 0 Å². The van der Waals surface area contributed by atoms with Gasteiger partial charge in [-0.05, 0) is 43.7 Å². The number of carbonyl (C=O) groups excluding carboxylic acids is 2. The van der Waals surface area contributed by atoms with Gasteiger partial charge in [0.2, 0.25) is 0 Å². The maximum Gasteiger partial charge on any atom is 0.317 e. The SMILES string of the molecule is COc1cccc(C(=O)N2CCN(C(=O)NC(C)c3ccc(C)nc3)CC2)c1. The van der Waals surface area contributed by atoms with Crippen LogP contribution in [0.3, 0.4) is 0 Å². The number of methoxy groups -OCH3 is 1. The Kier molecular flexibility index (Phi) is 6.13. The smallest absolute Gasteiger partial charge is 0.317 e. The van der Waals surface area contributed by atoms with Crippen LogP contribution in [0.5, 0.6) is 5.75 Å². The maximum atomic E-state index is 12.7. The Balaban J connectivity index is 1.53. The molecule has 1 fully saturated rings. The summed E-state index contributed by atoms with van der Waals surface area (Å²) in [7, 11) is 1.58. The lowest BCUT2D eigenvalue weighted by molar-refractivity contribution is 0.0663. The van der Waals surface area contributed by atoms with Crippen molar-refractivity contribution in [3.05, 3.63) is 59.4 Å². The molecular weight excluding hydrogens is 356 g/mol. The molecule has 7 nitrogen and oxygen atoms in total. The van der Waals surface area contributed by atoms with Crippen molar-refractivity contribution in [2.45, 2.75) is 19.9 Å². The first-order chi connectivity index (χ1) is 13.5. The first-order valence-electron chi connectivity index (χ1n) is 9.39. The first kappa shape index (κ1) is 19.7. The molecule has 0 saturated carbocycles. The van der Waals surface area contributed by atoms with E-state index in [0.717, 1.165) is 11.3 Å². The van der Waals surface area contributed by atoms with Crippen LogP contribution in [0.2, 0.25) is 0 Å². The van der Waals surface area contributed by atoms with E-state index in [1.54, 1.807) is 41.3 Å². The molecule has 28 heavy (non-hydrogen) atoms. The van der Waals surface area contributed by atoms with Crippen LogP contribution in [0, 0.1) is 6.92 Å². The molecule has 2 aromatic rings. The zero-order valence-electron chi connectivity index (χ0n) is 16.5. The number of rotatable bonds is 4. The molecule has 7 heteroatoms. The third-order valence-corrected chi connectivity index (χ3v) is 4.95. The zero-order valence-corrected chi connectivity index (χ0v) is 16.5. The molecule has 2 heterocycles. The van der Waals surface area contributed by atoms with Gasteiger partial charge < -0.3 is 19.9 Å². The number of amides is 3. The number of nitrogens with zero attached hydrogens (tertiary/aromatic N) is 3. The number of ether oxygens (including phenoxy) is 1. The first-order valence-corrected chi connectivity index (χ1v) is 9.39. The van der Waals surface area contributed by atoms with Gasteiger partial charge in [-0.25, -0.2) is 4.79 Å². The van der Waals surface area contributed by atoms with Crippen LogP contribution in [0.4, 0.5) is 4.79 Å². The molecule has 1 aromatic carbocycles. The molecule has 3 amide bonds. The quantitative estimate of drug-likeness (QED) is 0.882. The van der Waals surface area contributed by atoms with Gasteiger partial charge in [0.05, 0.1) is 13.2 Å². The van der Waals surface area contributed by atoms with E-state index in [9.17, 15) is 9.59 Å².